The number of rotatable bonds is 3. The van der Waals surface area contributed by atoms with Gasteiger partial charge in [-0.05, 0) is 30.3 Å². The first-order valence-electron chi connectivity index (χ1n) is 8.91. The number of carbonyl (C=O) groups excluding carboxylic acids is 1. The Balaban J connectivity index is 1.72. The molecule has 2 aliphatic rings. The van der Waals surface area contributed by atoms with E-state index in [-0.39, 0.29) is 17.5 Å². The average Bonchev–Trinajstić information content (AvgIpc) is 3.08. The van der Waals surface area contributed by atoms with E-state index in [0.29, 0.717) is 44.9 Å². The summed E-state index contributed by atoms with van der Waals surface area (Å²) < 4.78 is 6.80. The number of imidazole rings is 1. The van der Waals surface area contributed by atoms with Gasteiger partial charge in [-0.25, -0.2) is 0 Å². The van der Waals surface area contributed by atoms with E-state index in [9.17, 15) is 14.9 Å². The summed E-state index contributed by atoms with van der Waals surface area (Å²) in [6.45, 7) is 2.79. The minimum Gasteiger partial charge on any atom is -0.378 e. The van der Waals surface area contributed by atoms with Crippen molar-refractivity contribution < 1.29 is 14.5 Å². The van der Waals surface area contributed by atoms with Gasteiger partial charge in [0, 0.05) is 25.7 Å². The van der Waals surface area contributed by atoms with Crippen molar-refractivity contribution in [1.29, 1.82) is 0 Å². The SMILES string of the molecule is O=C([C@H]1CCCCN1c1nc2ccccn2c1[N+](=O)[O-])N1CCOCC1. The van der Waals surface area contributed by atoms with Gasteiger partial charge >= 0.3 is 5.82 Å². The van der Waals surface area contributed by atoms with Crippen molar-refractivity contribution in [2.45, 2.75) is 25.3 Å². The summed E-state index contributed by atoms with van der Waals surface area (Å²) >= 11 is 0. The van der Waals surface area contributed by atoms with E-state index in [0.717, 1.165) is 12.8 Å². The van der Waals surface area contributed by atoms with Crippen LogP contribution in [-0.2, 0) is 9.53 Å². The van der Waals surface area contributed by atoms with Crippen LogP contribution in [0.25, 0.3) is 5.65 Å². The Labute approximate surface area is 150 Å². The predicted octanol–water partition coefficient (Wildman–Crippen LogP) is 1.46. The van der Waals surface area contributed by atoms with E-state index in [4.69, 9.17) is 4.74 Å². The molecular weight excluding hydrogens is 338 g/mol. The van der Waals surface area contributed by atoms with Crippen molar-refractivity contribution in [1.82, 2.24) is 14.3 Å². The van der Waals surface area contributed by atoms with E-state index in [1.165, 1.54) is 4.40 Å². The molecule has 2 saturated heterocycles. The molecule has 4 heterocycles. The number of piperidine rings is 1. The molecule has 0 unspecified atom stereocenters. The fraction of sp³-hybridized carbons (Fsp3) is 0.529. The molecule has 0 radical (unpaired) electrons. The molecule has 0 bridgehead atoms. The molecular formula is C17H21N5O4. The molecule has 138 valence electrons. The van der Waals surface area contributed by atoms with Crippen molar-refractivity contribution in [2.24, 2.45) is 0 Å². The third kappa shape index (κ3) is 2.88. The normalized spacial score (nSPS) is 21.2. The first kappa shape index (κ1) is 16.8. The number of ether oxygens (including phenoxy) is 1. The van der Waals surface area contributed by atoms with Crippen LogP contribution in [-0.4, -0.2) is 64.0 Å². The van der Waals surface area contributed by atoms with E-state index in [1.807, 2.05) is 4.90 Å². The standard InChI is InChI=1S/C17H21N5O4/c23-17(19-9-11-26-12-10-19)13-5-1-3-7-20(13)15-16(22(24)25)21-8-4-2-6-14(21)18-15/h2,4,6,8,13H,1,3,5,7,9-12H2/t13-/m1/s1. The van der Waals surface area contributed by atoms with E-state index < -0.39 is 11.0 Å². The molecule has 26 heavy (non-hydrogen) atoms. The lowest BCUT2D eigenvalue weighted by Gasteiger charge is -2.38. The molecule has 9 heteroatoms. The first-order valence-corrected chi connectivity index (χ1v) is 8.91. The van der Waals surface area contributed by atoms with Crippen LogP contribution in [0.15, 0.2) is 24.4 Å². The smallest absolute Gasteiger partial charge is 0.372 e. The number of hydrogen-bond acceptors (Lipinski definition) is 6. The maximum absolute atomic E-state index is 13.1. The molecule has 1 amide bonds. The number of anilines is 1. The largest absolute Gasteiger partial charge is 0.378 e. The van der Waals surface area contributed by atoms with Gasteiger partial charge in [-0.3, -0.25) is 4.79 Å². The van der Waals surface area contributed by atoms with Crippen molar-refractivity contribution >= 4 is 23.2 Å². The Bertz CT molecular complexity index is 830. The third-order valence-electron chi connectivity index (χ3n) is 5.04. The fourth-order valence-corrected chi connectivity index (χ4v) is 3.77. The molecule has 0 saturated carbocycles. The molecule has 2 aromatic rings. The quantitative estimate of drug-likeness (QED) is 0.608. The Morgan fingerprint density at radius 1 is 1.23 bits per heavy atom. The van der Waals surface area contributed by atoms with Gasteiger partial charge in [0.15, 0.2) is 0 Å². The Morgan fingerprint density at radius 3 is 2.81 bits per heavy atom. The zero-order chi connectivity index (χ0) is 18.1. The predicted molar refractivity (Wildman–Crippen MR) is 94.2 cm³/mol. The Kier molecular flexibility index (Phi) is 4.46. The number of nitrogens with zero attached hydrogens (tertiary/aromatic N) is 5. The van der Waals surface area contributed by atoms with Crippen molar-refractivity contribution in [3.63, 3.8) is 0 Å². The maximum Gasteiger partial charge on any atom is 0.372 e. The lowest BCUT2D eigenvalue weighted by Crippen LogP contribution is -2.53. The molecule has 0 spiro atoms. The Hall–Kier alpha value is -2.68. The lowest BCUT2D eigenvalue weighted by atomic mass is 10.0. The van der Waals surface area contributed by atoms with Crippen molar-refractivity contribution in [3.8, 4) is 0 Å². The second-order valence-corrected chi connectivity index (χ2v) is 6.59. The minimum absolute atomic E-state index is 0.0133. The lowest BCUT2D eigenvalue weighted by molar-refractivity contribution is -0.389. The molecule has 4 rings (SSSR count). The zero-order valence-corrected chi connectivity index (χ0v) is 14.4. The highest BCUT2D eigenvalue weighted by atomic mass is 16.6. The molecule has 2 fully saturated rings. The van der Waals surface area contributed by atoms with Gasteiger partial charge in [0.25, 0.3) is 0 Å². The van der Waals surface area contributed by atoms with Gasteiger partial charge in [0.1, 0.15) is 6.04 Å². The molecule has 2 aromatic heterocycles. The summed E-state index contributed by atoms with van der Waals surface area (Å²) in [4.78, 5) is 32.5. The number of aromatic nitrogens is 2. The molecule has 2 aliphatic heterocycles. The topological polar surface area (TPSA) is 93.2 Å². The fourth-order valence-electron chi connectivity index (χ4n) is 3.77. The van der Waals surface area contributed by atoms with Crippen LogP contribution in [0.2, 0.25) is 0 Å². The van der Waals surface area contributed by atoms with Crippen LogP contribution < -0.4 is 4.90 Å². The summed E-state index contributed by atoms with van der Waals surface area (Å²) in [6.07, 6.45) is 4.13. The summed E-state index contributed by atoms with van der Waals surface area (Å²) in [5, 5.41) is 11.7. The van der Waals surface area contributed by atoms with Crippen LogP contribution in [0.5, 0.6) is 0 Å². The van der Waals surface area contributed by atoms with E-state index >= 15 is 0 Å². The van der Waals surface area contributed by atoms with Gasteiger partial charge in [-0.2, -0.15) is 9.38 Å². The third-order valence-corrected chi connectivity index (χ3v) is 5.04. The maximum atomic E-state index is 13.1. The minimum atomic E-state index is -0.416. The van der Waals surface area contributed by atoms with Crippen molar-refractivity contribution in [3.05, 3.63) is 34.5 Å². The molecule has 0 aromatic carbocycles. The number of fused-ring (bicyclic) bond motifs is 1. The first-order chi connectivity index (χ1) is 12.7. The number of amides is 1. The summed E-state index contributed by atoms with van der Waals surface area (Å²) in [6, 6.07) is 4.85. The van der Waals surface area contributed by atoms with Crippen LogP contribution in [0.4, 0.5) is 11.6 Å². The van der Waals surface area contributed by atoms with Crippen LogP contribution in [0, 0.1) is 10.1 Å². The summed E-state index contributed by atoms with van der Waals surface area (Å²) in [7, 11) is 0. The number of morpholine rings is 1. The van der Waals surface area contributed by atoms with Crippen LogP contribution >= 0.6 is 0 Å². The monoisotopic (exact) mass is 359 g/mol. The second-order valence-electron chi connectivity index (χ2n) is 6.59. The molecule has 0 aliphatic carbocycles. The number of carbonyl (C=O) groups is 1. The molecule has 0 N–H and O–H groups in total. The highest BCUT2D eigenvalue weighted by Gasteiger charge is 2.38. The van der Waals surface area contributed by atoms with Gasteiger partial charge < -0.3 is 24.7 Å². The van der Waals surface area contributed by atoms with Crippen LogP contribution in [0.1, 0.15) is 19.3 Å². The van der Waals surface area contributed by atoms with Gasteiger partial charge in [-0.15, -0.1) is 0 Å². The van der Waals surface area contributed by atoms with Gasteiger partial charge in [0.05, 0.1) is 19.4 Å². The van der Waals surface area contributed by atoms with Crippen LogP contribution in [0.3, 0.4) is 0 Å². The van der Waals surface area contributed by atoms with Gasteiger partial charge in [-0.1, -0.05) is 6.07 Å². The van der Waals surface area contributed by atoms with E-state index in [2.05, 4.69) is 4.98 Å². The average molecular weight is 359 g/mol. The highest BCUT2D eigenvalue weighted by molar-refractivity contribution is 5.86. The summed E-state index contributed by atoms with van der Waals surface area (Å²) in [5.74, 6) is 0.217. The Morgan fingerprint density at radius 2 is 2.04 bits per heavy atom. The second kappa shape index (κ2) is 6.91. The number of hydrogen-bond donors (Lipinski definition) is 0. The highest BCUT2D eigenvalue weighted by Crippen LogP contribution is 2.33. The summed E-state index contributed by atoms with van der Waals surface area (Å²) in [5.41, 5.74) is 0.511. The van der Waals surface area contributed by atoms with Crippen molar-refractivity contribution in [2.75, 3.05) is 37.7 Å². The zero-order valence-electron chi connectivity index (χ0n) is 14.4. The van der Waals surface area contributed by atoms with E-state index in [1.54, 1.807) is 29.3 Å². The number of pyridine rings is 1. The molecule has 1 atom stereocenters. The number of nitro groups is 1. The molecule has 9 nitrogen and oxygen atoms in total. The van der Waals surface area contributed by atoms with Gasteiger partial charge in [0.2, 0.25) is 17.4 Å².